The molecule has 0 heterocycles. The van der Waals surface area contributed by atoms with Gasteiger partial charge in [-0.15, -0.1) is 0 Å². The minimum Gasteiger partial charge on any atom is -0.390 e. The third-order valence-electron chi connectivity index (χ3n) is 0.818. The van der Waals surface area contributed by atoms with E-state index in [1.807, 2.05) is 0 Å². The molecule has 0 aromatic carbocycles. The quantitative estimate of drug-likeness (QED) is 0.433. The summed E-state index contributed by atoms with van der Waals surface area (Å²) in [5, 5.41) is 17.5. The predicted octanol–water partition coefficient (Wildman–Crippen LogP) is -0.351. The van der Waals surface area contributed by atoms with Crippen LogP contribution in [-0.2, 0) is 0 Å². The Balaban J connectivity index is 0. The topological polar surface area (TPSA) is 40.5 Å². The summed E-state index contributed by atoms with van der Waals surface area (Å²) in [6, 6.07) is 0. The molecule has 0 bridgehead atoms. The second-order valence-electron chi connectivity index (χ2n) is 1.50. The van der Waals surface area contributed by atoms with Crippen LogP contribution in [0.3, 0.4) is 0 Å². The number of thiol groups is 2. The Morgan fingerprint density at radius 1 is 1.00 bits per heavy atom. The highest BCUT2D eigenvalue weighted by Crippen LogP contribution is 1.96. The van der Waals surface area contributed by atoms with Crippen LogP contribution in [0.15, 0.2) is 0 Å². The van der Waals surface area contributed by atoms with Crippen LogP contribution in [0.4, 0.5) is 0 Å². The molecule has 0 saturated carbocycles. The maximum absolute atomic E-state index is 8.75. The van der Waals surface area contributed by atoms with Crippen LogP contribution < -0.4 is 0 Å². The lowest BCUT2D eigenvalue weighted by atomic mass is 10.3. The molecule has 0 amide bonds. The number of hydrogen-bond donors (Lipinski definition) is 4. The molecule has 0 aliphatic rings. The van der Waals surface area contributed by atoms with Gasteiger partial charge in [-0.3, -0.25) is 0 Å². The van der Waals surface area contributed by atoms with Crippen LogP contribution in [0.2, 0.25) is 0 Å². The lowest BCUT2D eigenvalue weighted by Gasteiger charge is -2.11. The highest BCUT2D eigenvalue weighted by molar-refractivity contribution is 7.80. The fourth-order valence-electron chi connectivity index (χ4n) is 0.243. The van der Waals surface area contributed by atoms with Crippen molar-refractivity contribution in [2.45, 2.75) is 12.2 Å². The number of rotatable bonds is 3. The Hall–Kier alpha value is 0.620. The van der Waals surface area contributed by atoms with Crippen LogP contribution >= 0.6 is 25.3 Å². The van der Waals surface area contributed by atoms with Crippen molar-refractivity contribution < 1.29 is 10.2 Å². The summed E-state index contributed by atoms with van der Waals surface area (Å²) in [6.07, 6.45) is -1.48. The van der Waals surface area contributed by atoms with Crippen LogP contribution in [-0.4, -0.2) is 33.9 Å². The van der Waals surface area contributed by atoms with E-state index >= 15 is 0 Å². The summed E-state index contributed by atoms with van der Waals surface area (Å²) in [4.78, 5) is 0. The van der Waals surface area contributed by atoms with Crippen LogP contribution in [0.1, 0.15) is 0 Å². The Bertz CT molecular complexity index is 52.9. The summed E-state index contributed by atoms with van der Waals surface area (Å²) >= 11 is 7.53. The van der Waals surface area contributed by atoms with Gasteiger partial charge in [0.05, 0.1) is 12.2 Å². The maximum Gasteiger partial charge on any atom is 0.0894 e. The van der Waals surface area contributed by atoms with Crippen molar-refractivity contribution in [3.05, 3.63) is 7.43 Å². The fourth-order valence-corrected chi connectivity index (χ4v) is 0.730. The number of hydrogen-bond acceptors (Lipinski definition) is 4. The summed E-state index contributed by atoms with van der Waals surface area (Å²) in [5.74, 6) is 0.559. The van der Waals surface area contributed by atoms with E-state index in [2.05, 4.69) is 25.3 Å². The molecule has 0 aliphatic carbocycles. The second kappa shape index (κ2) is 6.74. The molecule has 0 aromatic heterocycles. The molecular weight excluding hydrogens is 156 g/mol. The second-order valence-corrected chi connectivity index (χ2v) is 2.23. The van der Waals surface area contributed by atoms with E-state index in [0.29, 0.717) is 0 Å². The summed E-state index contributed by atoms with van der Waals surface area (Å²) in [6.45, 7) is 0. The molecule has 0 fully saturated rings. The predicted molar refractivity (Wildman–Crippen MR) is 43.0 cm³/mol. The molecule has 0 spiro atoms. The number of aliphatic hydroxyl groups is 2. The van der Waals surface area contributed by atoms with E-state index < -0.39 is 12.2 Å². The zero-order chi connectivity index (χ0) is 6.57. The summed E-state index contributed by atoms with van der Waals surface area (Å²) < 4.78 is 0. The van der Waals surface area contributed by atoms with Crippen molar-refractivity contribution >= 4 is 25.3 Å². The third-order valence-corrected chi connectivity index (χ3v) is 1.57. The number of aliphatic hydroxyl groups excluding tert-OH is 2. The Labute approximate surface area is 67.1 Å². The van der Waals surface area contributed by atoms with Gasteiger partial charge in [0, 0.05) is 18.9 Å². The van der Waals surface area contributed by atoms with E-state index in [0.717, 1.165) is 0 Å². The molecule has 2 atom stereocenters. The van der Waals surface area contributed by atoms with Gasteiger partial charge in [-0.2, -0.15) is 25.3 Å². The van der Waals surface area contributed by atoms with E-state index in [4.69, 9.17) is 10.2 Å². The molecule has 0 unspecified atom stereocenters. The molecule has 9 heavy (non-hydrogen) atoms. The van der Waals surface area contributed by atoms with Crippen molar-refractivity contribution in [3.8, 4) is 0 Å². The van der Waals surface area contributed by atoms with E-state index in [1.54, 1.807) is 0 Å². The first-order valence-electron chi connectivity index (χ1n) is 2.30. The van der Waals surface area contributed by atoms with Crippen LogP contribution in [0.25, 0.3) is 0 Å². The minimum atomic E-state index is -0.740. The van der Waals surface area contributed by atoms with Gasteiger partial charge in [0.25, 0.3) is 0 Å². The molecule has 4 radical (unpaired) electrons. The van der Waals surface area contributed by atoms with Gasteiger partial charge in [-0.25, -0.2) is 0 Å². The normalized spacial score (nSPS) is 16.0. The first kappa shape index (κ1) is 12.3. The molecule has 0 rings (SSSR count). The zero-order valence-corrected chi connectivity index (χ0v) is 6.65. The smallest absolute Gasteiger partial charge is 0.0894 e. The third kappa shape index (κ3) is 5.08. The molecule has 4 heteroatoms. The molecule has 0 saturated heterocycles. The first-order valence-corrected chi connectivity index (χ1v) is 3.56. The van der Waals surface area contributed by atoms with Gasteiger partial charge in [-0.1, -0.05) is 0 Å². The molecule has 2 N–H and O–H groups in total. The van der Waals surface area contributed by atoms with Gasteiger partial charge < -0.3 is 10.2 Å². The minimum absolute atomic E-state index is 0. The Morgan fingerprint density at radius 3 is 1.33 bits per heavy atom. The fraction of sp³-hybridized carbons (Fsp3) is 0.800. The van der Waals surface area contributed by atoms with Crippen molar-refractivity contribution in [1.82, 2.24) is 0 Å². The standard InChI is InChI=1S/C4H10O2S2.C/c5-3(1-7)4(6)2-8;/h3-8H,1-2H2;/t3-,4-;/m1./s1. The highest BCUT2D eigenvalue weighted by Gasteiger charge is 2.10. The lowest BCUT2D eigenvalue weighted by molar-refractivity contribution is 0.0504. The van der Waals surface area contributed by atoms with E-state index in [1.165, 1.54) is 0 Å². The molecule has 0 aliphatic heterocycles. The summed E-state index contributed by atoms with van der Waals surface area (Å²) in [7, 11) is 0. The summed E-state index contributed by atoms with van der Waals surface area (Å²) in [5.41, 5.74) is 0. The average Bonchev–Trinajstić information content (AvgIpc) is 1.84. The van der Waals surface area contributed by atoms with Crippen LogP contribution in [0, 0.1) is 7.43 Å². The average molecular weight is 166 g/mol. The monoisotopic (exact) mass is 166 g/mol. The van der Waals surface area contributed by atoms with Gasteiger partial charge >= 0.3 is 0 Å². The van der Waals surface area contributed by atoms with Crippen molar-refractivity contribution in [1.29, 1.82) is 0 Å². The van der Waals surface area contributed by atoms with Gasteiger partial charge in [-0.05, 0) is 0 Å². The van der Waals surface area contributed by atoms with Gasteiger partial charge in [0.15, 0.2) is 0 Å². The maximum atomic E-state index is 8.75. The molecule has 0 aromatic rings. The Morgan fingerprint density at radius 2 is 1.22 bits per heavy atom. The molecule has 54 valence electrons. The lowest BCUT2D eigenvalue weighted by Crippen LogP contribution is -2.28. The molecule has 2 nitrogen and oxygen atoms in total. The molecular formula is C5H10O2S2. The Kier molecular flexibility index (Phi) is 9.21. The zero-order valence-electron chi connectivity index (χ0n) is 4.86. The van der Waals surface area contributed by atoms with E-state index in [-0.39, 0.29) is 18.9 Å². The largest absolute Gasteiger partial charge is 0.390 e. The van der Waals surface area contributed by atoms with Gasteiger partial charge in [0.1, 0.15) is 0 Å². The van der Waals surface area contributed by atoms with Crippen LogP contribution in [0.5, 0.6) is 0 Å². The van der Waals surface area contributed by atoms with Crippen molar-refractivity contribution in [2.75, 3.05) is 11.5 Å². The highest BCUT2D eigenvalue weighted by atomic mass is 32.1. The van der Waals surface area contributed by atoms with Crippen molar-refractivity contribution in [2.24, 2.45) is 0 Å². The first-order chi connectivity index (χ1) is 3.72. The SMILES string of the molecule is O[C@H](CS)[C@H](O)CS.[C]. The van der Waals surface area contributed by atoms with E-state index in [9.17, 15) is 0 Å². The van der Waals surface area contributed by atoms with Gasteiger partial charge in [0.2, 0.25) is 0 Å². The van der Waals surface area contributed by atoms with Crippen molar-refractivity contribution in [3.63, 3.8) is 0 Å².